The van der Waals surface area contributed by atoms with E-state index in [1.807, 2.05) is 0 Å². The average molecular weight is 267 g/mol. The molecule has 4 nitrogen and oxygen atoms in total. The van der Waals surface area contributed by atoms with Crippen LogP contribution in [0.2, 0.25) is 0 Å². The molecule has 0 heterocycles. The third-order valence-electron chi connectivity index (χ3n) is 4.67. The van der Waals surface area contributed by atoms with E-state index in [0.29, 0.717) is 25.3 Å². The molecule has 0 radical (unpaired) electrons. The van der Waals surface area contributed by atoms with E-state index in [1.165, 1.54) is 0 Å². The Morgan fingerprint density at radius 3 is 2.37 bits per heavy atom. The minimum atomic E-state index is -0.773. The first-order valence-electron chi connectivity index (χ1n) is 7.25. The van der Waals surface area contributed by atoms with Gasteiger partial charge in [0.05, 0.1) is 5.41 Å². The number of amides is 1. The van der Waals surface area contributed by atoms with E-state index in [0.717, 1.165) is 19.3 Å². The fraction of sp³-hybridized carbons (Fsp3) is 0.867. The summed E-state index contributed by atoms with van der Waals surface area (Å²) in [6.07, 6.45) is 4.37. The molecular formula is C15H25NO3. The Morgan fingerprint density at radius 1 is 1.26 bits per heavy atom. The van der Waals surface area contributed by atoms with Crippen molar-refractivity contribution in [2.75, 3.05) is 6.54 Å². The van der Waals surface area contributed by atoms with Crippen LogP contribution in [0, 0.1) is 22.7 Å². The number of carbonyl (C=O) groups is 2. The Morgan fingerprint density at radius 2 is 1.89 bits per heavy atom. The minimum absolute atomic E-state index is 0.0448. The molecule has 2 atom stereocenters. The maximum Gasteiger partial charge on any atom is 0.311 e. The lowest BCUT2D eigenvalue weighted by atomic mass is 9.68. The largest absolute Gasteiger partial charge is 0.481 e. The second-order valence-corrected chi connectivity index (χ2v) is 7.41. The summed E-state index contributed by atoms with van der Waals surface area (Å²) in [5, 5.41) is 12.0. The first kappa shape index (κ1) is 14.4. The highest BCUT2D eigenvalue weighted by Crippen LogP contribution is 2.45. The first-order chi connectivity index (χ1) is 8.74. The zero-order valence-corrected chi connectivity index (χ0v) is 12.2. The number of hydrogen-bond acceptors (Lipinski definition) is 2. The summed E-state index contributed by atoms with van der Waals surface area (Å²) in [6, 6.07) is 0. The summed E-state index contributed by atoms with van der Waals surface area (Å²) in [5.74, 6) is -0.116. The third-order valence-corrected chi connectivity index (χ3v) is 4.67. The van der Waals surface area contributed by atoms with E-state index in [9.17, 15) is 9.59 Å². The Kier molecular flexibility index (Phi) is 3.63. The van der Waals surface area contributed by atoms with Crippen molar-refractivity contribution in [1.29, 1.82) is 0 Å². The second-order valence-electron chi connectivity index (χ2n) is 7.41. The van der Waals surface area contributed by atoms with Crippen molar-refractivity contribution in [3.05, 3.63) is 0 Å². The molecule has 2 N–H and O–H groups in total. The van der Waals surface area contributed by atoms with Crippen molar-refractivity contribution in [1.82, 2.24) is 5.32 Å². The van der Waals surface area contributed by atoms with Crippen molar-refractivity contribution in [3.8, 4) is 0 Å². The van der Waals surface area contributed by atoms with Crippen molar-refractivity contribution in [2.45, 2.75) is 52.9 Å². The van der Waals surface area contributed by atoms with Gasteiger partial charge in [0.1, 0.15) is 0 Å². The van der Waals surface area contributed by atoms with Crippen LogP contribution in [0.15, 0.2) is 0 Å². The molecule has 19 heavy (non-hydrogen) atoms. The minimum Gasteiger partial charge on any atom is -0.481 e. The van der Waals surface area contributed by atoms with Crippen LogP contribution < -0.4 is 5.32 Å². The van der Waals surface area contributed by atoms with Gasteiger partial charge in [0, 0.05) is 12.5 Å². The van der Waals surface area contributed by atoms with Crippen LogP contribution >= 0.6 is 0 Å². The molecule has 1 amide bonds. The molecule has 2 fully saturated rings. The Balaban J connectivity index is 1.88. The zero-order chi connectivity index (χ0) is 14.3. The summed E-state index contributed by atoms with van der Waals surface area (Å²) >= 11 is 0. The van der Waals surface area contributed by atoms with Gasteiger partial charge in [-0.1, -0.05) is 20.8 Å². The monoisotopic (exact) mass is 267 g/mol. The van der Waals surface area contributed by atoms with Gasteiger partial charge in [-0.25, -0.2) is 0 Å². The number of aliphatic carboxylic acids is 1. The molecule has 0 aromatic heterocycles. The van der Waals surface area contributed by atoms with Gasteiger partial charge in [-0.2, -0.15) is 0 Å². The van der Waals surface area contributed by atoms with Gasteiger partial charge in [0.25, 0.3) is 0 Å². The van der Waals surface area contributed by atoms with Crippen LogP contribution in [0.5, 0.6) is 0 Å². The van der Waals surface area contributed by atoms with E-state index < -0.39 is 11.4 Å². The highest BCUT2D eigenvalue weighted by Gasteiger charge is 2.50. The number of rotatable bonds is 4. The molecule has 4 heteroatoms. The molecule has 0 spiro atoms. The quantitative estimate of drug-likeness (QED) is 0.822. The highest BCUT2D eigenvalue weighted by atomic mass is 16.4. The van der Waals surface area contributed by atoms with Gasteiger partial charge in [-0.3, -0.25) is 9.59 Å². The molecule has 2 aliphatic carbocycles. The topological polar surface area (TPSA) is 66.4 Å². The van der Waals surface area contributed by atoms with Crippen LogP contribution in [0.4, 0.5) is 0 Å². The maximum absolute atomic E-state index is 12.2. The number of carboxylic acids is 1. The van der Waals surface area contributed by atoms with Gasteiger partial charge >= 0.3 is 5.97 Å². The Hall–Kier alpha value is -1.06. The number of nitrogens with one attached hydrogen (secondary N) is 1. The fourth-order valence-corrected chi connectivity index (χ4v) is 3.56. The van der Waals surface area contributed by atoms with Crippen molar-refractivity contribution >= 4 is 11.9 Å². The number of hydrogen-bond donors (Lipinski definition) is 2. The van der Waals surface area contributed by atoms with Crippen molar-refractivity contribution in [2.24, 2.45) is 22.7 Å². The molecular weight excluding hydrogens is 242 g/mol. The van der Waals surface area contributed by atoms with Crippen molar-refractivity contribution in [3.63, 3.8) is 0 Å². The predicted octanol–water partition coefficient (Wildman–Crippen LogP) is 2.43. The Labute approximate surface area is 115 Å². The molecule has 0 saturated heterocycles. The smallest absolute Gasteiger partial charge is 0.311 e. The van der Waals surface area contributed by atoms with Crippen LogP contribution in [0.25, 0.3) is 0 Å². The summed E-state index contributed by atoms with van der Waals surface area (Å²) in [4.78, 5) is 23.3. The van der Waals surface area contributed by atoms with Gasteiger partial charge < -0.3 is 10.4 Å². The van der Waals surface area contributed by atoms with E-state index in [4.69, 9.17) is 5.11 Å². The van der Waals surface area contributed by atoms with E-state index in [2.05, 4.69) is 26.1 Å². The van der Waals surface area contributed by atoms with Crippen molar-refractivity contribution < 1.29 is 14.7 Å². The first-order valence-corrected chi connectivity index (χ1v) is 7.25. The molecule has 0 aromatic rings. The highest BCUT2D eigenvalue weighted by molar-refractivity contribution is 5.82. The molecule has 0 bridgehead atoms. The van der Waals surface area contributed by atoms with Gasteiger partial charge in [-0.05, 0) is 43.4 Å². The maximum atomic E-state index is 12.2. The molecule has 2 rings (SSSR count). The lowest BCUT2D eigenvalue weighted by molar-refractivity contribution is -0.143. The van der Waals surface area contributed by atoms with Gasteiger partial charge in [0.2, 0.25) is 5.91 Å². The predicted molar refractivity (Wildman–Crippen MR) is 72.6 cm³/mol. The van der Waals surface area contributed by atoms with Gasteiger partial charge in [0.15, 0.2) is 0 Å². The SMILES string of the molecule is CC1CC(C(=O)NCC2(C(=O)O)CC2)CC(C)(C)C1. The van der Waals surface area contributed by atoms with E-state index >= 15 is 0 Å². The molecule has 2 aliphatic rings. The Bertz CT molecular complexity index is 385. The van der Waals surface area contributed by atoms with Crippen LogP contribution in [0.1, 0.15) is 52.9 Å². The second kappa shape index (κ2) is 4.80. The van der Waals surface area contributed by atoms with E-state index in [1.54, 1.807) is 0 Å². The molecule has 0 aromatic carbocycles. The number of carbonyl (C=O) groups excluding carboxylic acids is 1. The molecule has 0 aliphatic heterocycles. The summed E-state index contributed by atoms with van der Waals surface area (Å²) in [6.45, 7) is 6.92. The number of carboxylic acid groups (broad SMARTS) is 1. The van der Waals surface area contributed by atoms with Crippen LogP contribution in [-0.4, -0.2) is 23.5 Å². The van der Waals surface area contributed by atoms with Gasteiger partial charge in [-0.15, -0.1) is 0 Å². The summed E-state index contributed by atoms with van der Waals surface area (Å²) in [5.41, 5.74) is -0.449. The third kappa shape index (κ3) is 3.28. The molecule has 108 valence electrons. The van der Waals surface area contributed by atoms with Crippen LogP contribution in [-0.2, 0) is 9.59 Å². The zero-order valence-electron chi connectivity index (χ0n) is 12.2. The lowest BCUT2D eigenvalue weighted by Crippen LogP contribution is -2.41. The molecule has 2 saturated carbocycles. The van der Waals surface area contributed by atoms with Crippen LogP contribution in [0.3, 0.4) is 0 Å². The lowest BCUT2D eigenvalue weighted by Gasteiger charge is -2.38. The molecule has 2 unspecified atom stereocenters. The summed E-state index contributed by atoms with van der Waals surface area (Å²) < 4.78 is 0. The fourth-order valence-electron chi connectivity index (χ4n) is 3.56. The average Bonchev–Trinajstić information content (AvgIpc) is 3.04. The normalized spacial score (nSPS) is 31.5. The van der Waals surface area contributed by atoms with E-state index in [-0.39, 0.29) is 17.2 Å². The summed E-state index contributed by atoms with van der Waals surface area (Å²) in [7, 11) is 0. The standard InChI is InChI=1S/C15H25NO3/c1-10-6-11(8-14(2,3)7-10)12(17)16-9-15(4-5-15)13(18)19/h10-11H,4-9H2,1-3H3,(H,16,17)(H,18,19).